The Hall–Kier alpha value is 0.210. The van der Waals surface area contributed by atoms with E-state index >= 15 is 0 Å². The van der Waals surface area contributed by atoms with Crippen molar-refractivity contribution in [2.45, 2.75) is 32.3 Å². The van der Waals surface area contributed by atoms with Crippen LogP contribution < -0.4 is 0 Å². The van der Waals surface area contributed by atoms with Crippen molar-refractivity contribution in [3.63, 3.8) is 0 Å². The third kappa shape index (κ3) is 2.41. The van der Waals surface area contributed by atoms with Gasteiger partial charge >= 0.3 is 0 Å². The molecule has 2 rings (SSSR count). The monoisotopic (exact) mass is 217 g/mol. The quantitative estimate of drug-likeness (QED) is 0.672. The fraction of sp³-hybridized carbons (Fsp3) is 1.00. The molecule has 2 unspecified atom stereocenters. The lowest BCUT2D eigenvalue weighted by Gasteiger charge is -2.23. The summed E-state index contributed by atoms with van der Waals surface area (Å²) in [5, 5.41) is 0. The van der Waals surface area contributed by atoms with Crippen LogP contribution in [0, 0.1) is 5.41 Å². The van der Waals surface area contributed by atoms with Crippen molar-refractivity contribution in [1.29, 1.82) is 0 Å². The lowest BCUT2D eigenvalue weighted by atomic mass is 9.93. The standard InChI is InChI=1S/C11H20ClNO/c1-11(8-12)4-5-13(9-11)7-10-3-2-6-14-10/h10H,2-9H2,1H3. The number of alkyl halides is 1. The zero-order chi connectivity index (χ0) is 10.0. The number of hydrogen-bond acceptors (Lipinski definition) is 2. The Morgan fingerprint density at radius 2 is 2.43 bits per heavy atom. The van der Waals surface area contributed by atoms with Gasteiger partial charge in [-0.3, -0.25) is 0 Å². The molecule has 0 bridgehead atoms. The van der Waals surface area contributed by atoms with Gasteiger partial charge in [0.05, 0.1) is 6.10 Å². The third-order valence-electron chi connectivity index (χ3n) is 3.45. The first kappa shape index (κ1) is 10.7. The van der Waals surface area contributed by atoms with Crippen molar-refractivity contribution in [1.82, 2.24) is 4.90 Å². The van der Waals surface area contributed by atoms with E-state index in [0.29, 0.717) is 11.5 Å². The van der Waals surface area contributed by atoms with Gasteiger partial charge in [0.25, 0.3) is 0 Å². The largest absolute Gasteiger partial charge is 0.377 e. The molecule has 2 fully saturated rings. The number of ether oxygens (including phenoxy) is 1. The summed E-state index contributed by atoms with van der Waals surface area (Å²) in [5.74, 6) is 0.787. The van der Waals surface area contributed by atoms with Crippen LogP contribution >= 0.6 is 11.6 Å². The van der Waals surface area contributed by atoms with Gasteiger partial charge in [-0.2, -0.15) is 0 Å². The molecule has 0 N–H and O–H groups in total. The highest BCUT2D eigenvalue weighted by Gasteiger charge is 2.34. The van der Waals surface area contributed by atoms with Gasteiger partial charge in [0.2, 0.25) is 0 Å². The average Bonchev–Trinajstić information content (AvgIpc) is 2.78. The second kappa shape index (κ2) is 4.38. The molecule has 0 spiro atoms. The number of likely N-dealkylation sites (tertiary alicyclic amines) is 1. The predicted octanol–water partition coefficient (Wildman–Crippen LogP) is 2.12. The Balaban J connectivity index is 1.78. The molecule has 0 saturated carbocycles. The van der Waals surface area contributed by atoms with E-state index in [1.165, 1.54) is 25.8 Å². The van der Waals surface area contributed by atoms with Crippen LogP contribution in [0.5, 0.6) is 0 Å². The van der Waals surface area contributed by atoms with E-state index in [1.54, 1.807) is 0 Å². The molecule has 2 nitrogen and oxygen atoms in total. The molecule has 2 aliphatic heterocycles. The summed E-state index contributed by atoms with van der Waals surface area (Å²) in [5.41, 5.74) is 0.347. The number of rotatable bonds is 3. The second-order valence-corrected chi connectivity index (χ2v) is 5.33. The van der Waals surface area contributed by atoms with E-state index in [9.17, 15) is 0 Å². The summed E-state index contributed by atoms with van der Waals surface area (Å²) in [6.45, 7) is 6.71. The molecule has 0 aromatic carbocycles. The number of nitrogens with zero attached hydrogens (tertiary/aromatic N) is 1. The molecule has 2 saturated heterocycles. The molecule has 0 aromatic rings. The van der Waals surface area contributed by atoms with Crippen molar-refractivity contribution < 1.29 is 4.74 Å². The van der Waals surface area contributed by atoms with E-state index in [4.69, 9.17) is 16.3 Å². The average molecular weight is 218 g/mol. The minimum absolute atomic E-state index is 0.347. The van der Waals surface area contributed by atoms with Gasteiger partial charge in [0.1, 0.15) is 0 Å². The van der Waals surface area contributed by atoms with E-state index in [-0.39, 0.29) is 0 Å². The zero-order valence-corrected chi connectivity index (χ0v) is 9.72. The summed E-state index contributed by atoms with van der Waals surface area (Å²) in [7, 11) is 0. The molecule has 0 radical (unpaired) electrons. The zero-order valence-electron chi connectivity index (χ0n) is 8.97. The van der Waals surface area contributed by atoms with Crippen molar-refractivity contribution >= 4 is 11.6 Å². The molecule has 14 heavy (non-hydrogen) atoms. The van der Waals surface area contributed by atoms with Crippen LogP contribution in [0.3, 0.4) is 0 Å². The minimum atomic E-state index is 0.347. The summed E-state index contributed by atoms with van der Waals surface area (Å²) in [6, 6.07) is 0. The Bertz CT molecular complexity index is 194. The maximum Gasteiger partial charge on any atom is 0.0702 e. The van der Waals surface area contributed by atoms with Crippen LogP contribution in [0.1, 0.15) is 26.2 Å². The van der Waals surface area contributed by atoms with Gasteiger partial charge in [0, 0.05) is 25.6 Å². The molecular formula is C11H20ClNO. The van der Waals surface area contributed by atoms with E-state index in [0.717, 1.165) is 25.6 Å². The van der Waals surface area contributed by atoms with Gasteiger partial charge in [-0.05, 0) is 31.2 Å². The maximum absolute atomic E-state index is 5.97. The van der Waals surface area contributed by atoms with Crippen molar-refractivity contribution in [2.24, 2.45) is 5.41 Å². The molecule has 2 atom stereocenters. The first-order valence-corrected chi connectivity index (χ1v) is 6.15. The smallest absolute Gasteiger partial charge is 0.0702 e. The van der Waals surface area contributed by atoms with Crippen molar-refractivity contribution in [3.05, 3.63) is 0 Å². The van der Waals surface area contributed by atoms with E-state index in [1.807, 2.05) is 0 Å². The summed E-state index contributed by atoms with van der Waals surface area (Å²) < 4.78 is 5.64. The van der Waals surface area contributed by atoms with Crippen molar-refractivity contribution in [2.75, 3.05) is 32.1 Å². The van der Waals surface area contributed by atoms with Crippen molar-refractivity contribution in [3.8, 4) is 0 Å². The molecule has 0 amide bonds. The van der Waals surface area contributed by atoms with Crippen LogP contribution in [0.15, 0.2) is 0 Å². The molecule has 2 aliphatic rings. The molecular weight excluding hydrogens is 198 g/mol. The van der Waals surface area contributed by atoms with Crippen LogP contribution in [0.2, 0.25) is 0 Å². The Labute approximate surface area is 91.6 Å². The SMILES string of the molecule is CC1(CCl)CCN(CC2CCCO2)C1. The van der Waals surface area contributed by atoms with Crippen LogP contribution in [0.4, 0.5) is 0 Å². The molecule has 0 aromatic heterocycles. The van der Waals surface area contributed by atoms with Gasteiger partial charge in [-0.15, -0.1) is 11.6 Å². The first-order valence-electron chi connectivity index (χ1n) is 5.62. The van der Waals surface area contributed by atoms with Crippen LogP contribution in [-0.4, -0.2) is 43.1 Å². The van der Waals surface area contributed by atoms with Gasteiger partial charge < -0.3 is 9.64 Å². The number of halogens is 1. The fourth-order valence-corrected chi connectivity index (χ4v) is 2.69. The Morgan fingerprint density at radius 3 is 3.00 bits per heavy atom. The molecule has 0 aliphatic carbocycles. The summed E-state index contributed by atoms with van der Waals surface area (Å²) in [4.78, 5) is 2.51. The first-order chi connectivity index (χ1) is 6.72. The highest BCUT2D eigenvalue weighted by molar-refractivity contribution is 6.18. The van der Waals surface area contributed by atoms with Gasteiger partial charge in [-0.1, -0.05) is 6.92 Å². The number of hydrogen-bond donors (Lipinski definition) is 0. The highest BCUT2D eigenvalue weighted by Crippen LogP contribution is 2.31. The predicted molar refractivity (Wildman–Crippen MR) is 58.9 cm³/mol. The third-order valence-corrected chi connectivity index (χ3v) is 4.09. The maximum atomic E-state index is 5.97. The molecule has 3 heteroatoms. The van der Waals surface area contributed by atoms with Gasteiger partial charge in [-0.25, -0.2) is 0 Å². The Morgan fingerprint density at radius 1 is 1.57 bits per heavy atom. The van der Waals surface area contributed by atoms with E-state index < -0.39 is 0 Å². The molecule has 2 heterocycles. The minimum Gasteiger partial charge on any atom is -0.377 e. The lowest BCUT2D eigenvalue weighted by Crippen LogP contribution is -2.32. The highest BCUT2D eigenvalue weighted by atomic mass is 35.5. The molecule has 82 valence electrons. The van der Waals surface area contributed by atoms with E-state index in [2.05, 4.69) is 11.8 Å². The topological polar surface area (TPSA) is 12.5 Å². The summed E-state index contributed by atoms with van der Waals surface area (Å²) >= 11 is 5.97. The normalized spacial score (nSPS) is 39.4. The van der Waals surface area contributed by atoms with Crippen LogP contribution in [-0.2, 0) is 4.74 Å². The lowest BCUT2D eigenvalue weighted by molar-refractivity contribution is 0.0780. The Kier molecular flexibility index (Phi) is 3.35. The van der Waals surface area contributed by atoms with Gasteiger partial charge in [0.15, 0.2) is 0 Å². The fourth-order valence-electron chi connectivity index (χ4n) is 2.47. The van der Waals surface area contributed by atoms with Crippen LogP contribution in [0.25, 0.3) is 0 Å². The summed E-state index contributed by atoms with van der Waals surface area (Å²) in [6.07, 6.45) is 4.22. The second-order valence-electron chi connectivity index (χ2n) is 5.06.